The van der Waals surface area contributed by atoms with Crippen molar-refractivity contribution in [3.63, 3.8) is 0 Å². The van der Waals surface area contributed by atoms with Crippen molar-refractivity contribution < 1.29 is 9.59 Å². The average molecular weight is 355 g/mol. The second-order valence-electron chi connectivity index (χ2n) is 7.69. The Labute approximate surface area is 153 Å². The molecule has 0 heterocycles. The number of hydrogen-bond acceptors (Lipinski definition) is 2. The maximum Gasteiger partial charge on any atom is 0.258 e. The van der Waals surface area contributed by atoms with Gasteiger partial charge in [-0.2, -0.15) is 0 Å². The van der Waals surface area contributed by atoms with Gasteiger partial charge in [0.05, 0.1) is 0 Å². The second-order valence-corrected chi connectivity index (χ2v) is 11.6. The third-order valence-electron chi connectivity index (χ3n) is 5.31. The molecule has 0 aliphatic carbocycles. The standard InChI is InChI=1S/C22H30O2Si/c1-19(18-23)12-10-11-17-22(2,3)25(24,20-13-6-4-7-14-20)21-15-8-5-9-16-21/h4-9,13-16,18-19,24H,10-12,17H2,1-3H3/t19-/m0/s1. The molecular weight excluding hydrogens is 324 g/mol. The molecule has 0 amide bonds. The summed E-state index contributed by atoms with van der Waals surface area (Å²) >= 11 is 0. The van der Waals surface area contributed by atoms with Crippen molar-refractivity contribution in [3.8, 4) is 0 Å². The number of benzene rings is 2. The molecule has 2 aromatic rings. The summed E-state index contributed by atoms with van der Waals surface area (Å²) in [5.41, 5.74) is 0. The van der Waals surface area contributed by atoms with Crippen LogP contribution in [0.25, 0.3) is 0 Å². The van der Waals surface area contributed by atoms with E-state index < -0.39 is 8.32 Å². The van der Waals surface area contributed by atoms with E-state index in [1.54, 1.807) is 0 Å². The van der Waals surface area contributed by atoms with Crippen LogP contribution in [0.1, 0.15) is 46.5 Å². The molecule has 0 saturated carbocycles. The summed E-state index contributed by atoms with van der Waals surface area (Å²) in [6.07, 6.45) is 4.96. The van der Waals surface area contributed by atoms with Crippen molar-refractivity contribution in [2.24, 2.45) is 5.92 Å². The van der Waals surface area contributed by atoms with Gasteiger partial charge in [0.2, 0.25) is 0 Å². The predicted octanol–water partition coefficient (Wildman–Crippen LogP) is 3.91. The minimum Gasteiger partial charge on any atom is -0.424 e. The molecule has 0 fully saturated rings. The van der Waals surface area contributed by atoms with Crippen LogP contribution in [0.2, 0.25) is 5.04 Å². The molecule has 0 radical (unpaired) electrons. The van der Waals surface area contributed by atoms with Crippen molar-refractivity contribution in [3.05, 3.63) is 60.7 Å². The third kappa shape index (κ3) is 4.47. The number of rotatable bonds is 9. The molecule has 0 aliphatic heterocycles. The van der Waals surface area contributed by atoms with Gasteiger partial charge in [0.15, 0.2) is 0 Å². The zero-order chi connectivity index (χ0) is 18.3. The summed E-state index contributed by atoms with van der Waals surface area (Å²) in [5, 5.41) is 1.93. The Morgan fingerprint density at radius 1 is 0.960 bits per heavy atom. The van der Waals surface area contributed by atoms with E-state index in [0.717, 1.165) is 42.3 Å². The van der Waals surface area contributed by atoms with E-state index >= 15 is 0 Å². The molecule has 1 N–H and O–H groups in total. The minimum absolute atomic E-state index is 0.127. The molecule has 3 heteroatoms. The molecule has 1 atom stereocenters. The number of carbonyl (C=O) groups excluding carboxylic acids is 1. The summed E-state index contributed by atoms with van der Waals surface area (Å²) < 4.78 is 0. The van der Waals surface area contributed by atoms with Crippen LogP contribution < -0.4 is 10.4 Å². The largest absolute Gasteiger partial charge is 0.424 e. The van der Waals surface area contributed by atoms with E-state index in [1.807, 2.05) is 43.3 Å². The molecule has 2 rings (SSSR count). The first-order chi connectivity index (χ1) is 11.9. The van der Waals surface area contributed by atoms with Crippen LogP contribution in [0.3, 0.4) is 0 Å². The van der Waals surface area contributed by atoms with E-state index in [1.165, 1.54) is 0 Å². The van der Waals surface area contributed by atoms with Gasteiger partial charge in [-0.1, -0.05) is 94.3 Å². The Balaban J connectivity index is 2.27. The van der Waals surface area contributed by atoms with E-state index in [0.29, 0.717) is 0 Å². The van der Waals surface area contributed by atoms with Crippen LogP contribution in [-0.2, 0) is 4.79 Å². The molecule has 0 unspecified atom stereocenters. The highest BCUT2D eigenvalue weighted by Gasteiger charge is 2.49. The normalized spacial score (nSPS) is 13.4. The van der Waals surface area contributed by atoms with Gasteiger partial charge in [-0.15, -0.1) is 0 Å². The van der Waals surface area contributed by atoms with Crippen LogP contribution in [0, 0.1) is 5.92 Å². The van der Waals surface area contributed by atoms with Crippen molar-refractivity contribution in [2.45, 2.75) is 51.5 Å². The molecule has 0 saturated heterocycles. The first kappa shape index (κ1) is 19.6. The van der Waals surface area contributed by atoms with Crippen LogP contribution in [0.4, 0.5) is 0 Å². The van der Waals surface area contributed by atoms with Gasteiger partial charge in [-0.05, 0) is 28.3 Å². The summed E-state index contributed by atoms with van der Waals surface area (Å²) in [7, 11) is -2.88. The summed E-state index contributed by atoms with van der Waals surface area (Å²) in [4.78, 5) is 22.8. The lowest BCUT2D eigenvalue weighted by Gasteiger charge is -2.41. The lowest BCUT2D eigenvalue weighted by atomic mass is 10.00. The molecule has 134 valence electrons. The van der Waals surface area contributed by atoms with Crippen LogP contribution in [-0.4, -0.2) is 19.4 Å². The molecule has 25 heavy (non-hydrogen) atoms. The summed E-state index contributed by atoms with van der Waals surface area (Å²) in [6.45, 7) is 6.36. The lowest BCUT2D eigenvalue weighted by Crippen LogP contribution is -2.65. The van der Waals surface area contributed by atoms with Crippen molar-refractivity contribution in [1.82, 2.24) is 0 Å². The van der Waals surface area contributed by atoms with Gasteiger partial charge < -0.3 is 9.59 Å². The van der Waals surface area contributed by atoms with E-state index in [2.05, 4.69) is 38.1 Å². The zero-order valence-electron chi connectivity index (χ0n) is 15.6. The maximum atomic E-state index is 12.0. The van der Waals surface area contributed by atoms with Gasteiger partial charge in [-0.25, -0.2) is 0 Å². The molecule has 0 aliphatic rings. The lowest BCUT2D eigenvalue weighted by molar-refractivity contribution is -0.110. The van der Waals surface area contributed by atoms with E-state index in [-0.39, 0.29) is 11.0 Å². The van der Waals surface area contributed by atoms with Crippen LogP contribution in [0.15, 0.2) is 60.7 Å². The fourth-order valence-electron chi connectivity index (χ4n) is 3.59. The van der Waals surface area contributed by atoms with Crippen molar-refractivity contribution >= 4 is 25.0 Å². The van der Waals surface area contributed by atoms with Gasteiger partial charge in [0.25, 0.3) is 8.32 Å². The van der Waals surface area contributed by atoms with Crippen molar-refractivity contribution in [1.29, 1.82) is 0 Å². The first-order valence-electron chi connectivity index (χ1n) is 9.20. The SMILES string of the molecule is C[C@H](C=O)CCCCC(C)(C)[Si](O)(c1ccccc1)c1ccccc1. The highest BCUT2D eigenvalue weighted by molar-refractivity contribution is 6.98. The molecule has 0 bridgehead atoms. The highest BCUT2D eigenvalue weighted by Crippen LogP contribution is 2.40. The van der Waals surface area contributed by atoms with Gasteiger partial charge >= 0.3 is 0 Å². The molecule has 0 spiro atoms. The third-order valence-corrected chi connectivity index (χ3v) is 9.85. The van der Waals surface area contributed by atoms with E-state index in [9.17, 15) is 9.59 Å². The van der Waals surface area contributed by atoms with Crippen LogP contribution >= 0.6 is 0 Å². The minimum atomic E-state index is -2.88. The molecule has 2 aromatic carbocycles. The average Bonchev–Trinajstić information content (AvgIpc) is 2.65. The fourth-order valence-corrected chi connectivity index (χ4v) is 7.37. The number of unbranched alkanes of at least 4 members (excludes halogenated alkanes) is 1. The predicted molar refractivity (Wildman–Crippen MR) is 108 cm³/mol. The quantitative estimate of drug-likeness (QED) is 0.421. The van der Waals surface area contributed by atoms with Gasteiger partial charge in [0, 0.05) is 5.92 Å². The number of carbonyl (C=O) groups is 1. The smallest absolute Gasteiger partial charge is 0.258 e. The second kappa shape index (κ2) is 8.59. The Morgan fingerprint density at radius 3 is 1.88 bits per heavy atom. The van der Waals surface area contributed by atoms with Gasteiger partial charge in [0.1, 0.15) is 6.29 Å². The fraction of sp³-hybridized carbons (Fsp3) is 0.409. The van der Waals surface area contributed by atoms with Crippen molar-refractivity contribution in [2.75, 3.05) is 0 Å². The van der Waals surface area contributed by atoms with Gasteiger partial charge in [-0.3, -0.25) is 0 Å². The summed E-state index contributed by atoms with van der Waals surface area (Å²) in [6, 6.07) is 20.3. The van der Waals surface area contributed by atoms with Crippen LogP contribution in [0.5, 0.6) is 0 Å². The molecule has 2 nitrogen and oxygen atoms in total. The zero-order valence-corrected chi connectivity index (χ0v) is 16.6. The highest BCUT2D eigenvalue weighted by atomic mass is 28.4. The molecule has 0 aromatic heterocycles. The summed E-state index contributed by atoms with van der Waals surface area (Å²) in [5.74, 6) is 0.127. The monoisotopic (exact) mass is 354 g/mol. The molecular formula is C22H30O2Si. The Kier molecular flexibility index (Phi) is 6.74. The van der Waals surface area contributed by atoms with E-state index in [4.69, 9.17) is 0 Å². The topological polar surface area (TPSA) is 37.3 Å². The Morgan fingerprint density at radius 2 is 1.44 bits per heavy atom. The number of aldehydes is 1. The Hall–Kier alpha value is -1.71. The Bertz CT molecular complexity index is 613. The first-order valence-corrected chi connectivity index (χ1v) is 11.2. The maximum absolute atomic E-state index is 12.0. The number of hydrogen-bond donors (Lipinski definition) is 1.